The van der Waals surface area contributed by atoms with Crippen molar-refractivity contribution >= 4 is 17.4 Å². The second-order valence-corrected chi connectivity index (χ2v) is 9.98. The number of nitrogens with two attached hydrogens (primary N) is 1. The van der Waals surface area contributed by atoms with E-state index in [4.69, 9.17) is 5.73 Å². The van der Waals surface area contributed by atoms with Gasteiger partial charge in [0.15, 0.2) is 5.78 Å². The summed E-state index contributed by atoms with van der Waals surface area (Å²) in [5.74, 6) is 0.598. The standard InChI is InChI=1S/C31H35N7O/c1-23-4-5-25(19-29(23)36-31-34-13-10-28(35-31)27-3-2-12-33-21-27)20-30(39)26-8-6-24(7-9-26)22-38-17-15-37(14-11-32)16-18-38/h2-10,12-13,19,21H,11,14-18,20,22,32H2,1H3,(H,34,35,36). The molecule has 3 N–H and O–H groups in total. The van der Waals surface area contributed by atoms with Crippen LogP contribution in [0.4, 0.5) is 11.6 Å². The maximum absolute atomic E-state index is 13.1. The Hall–Kier alpha value is -3.98. The number of nitrogens with zero attached hydrogens (tertiary/aromatic N) is 5. The summed E-state index contributed by atoms with van der Waals surface area (Å²) < 4.78 is 0. The average molecular weight is 522 g/mol. The first kappa shape index (κ1) is 26.6. The van der Waals surface area contributed by atoms with Gasteiger partial charge in [-0.15, -0.1) is 0 Å². The van der Waals surface area contributed by atoms with Crippen LogP contribution in [0.3, 0.4) is 0 Å². The molecule has 5 rings (SSSR count). The number of carbonyl (C=O) groups is 1. The van der Waals surface area contributed by atoms with Gasteiger partial charge in [-0.1, -0.05) is 36.4 Å². The number of aromatic nitrogens is 3. The molecule has 0 bridgehead atoms. The lowest BCUT2D eigenvalue weighted by Crippen LogP contribution is -2.47. The minimum absolute atomic E-state index is 0.0987. The van der Waals surface area contributed by atoms with Crippen molar-refractivity contribution in [3.63, 3.8) is 0 Å². The molecule has 0 amide bonds. The largest absolute Gasteiger partial charge is 0.329 e. The Kier molecular flexibility index (Phi) is 8.68. The van der Waals surface area contributed by atoms with Crippen molar-refractivity contribution in [2.75, 3.05) is 44.6 Å². The number of ketones is 1. The van der Waals surface area contributed by atoms with E-state index in [2.05, 4.69) is 42.2 Å². The van der Waals surface area contributed by atoms with Crippen molar-refractivity contribution in [2.24, 2.45) is 5.73 Å². The topological polar surface area (TPSA) is 100 Å². The predicted molar refractivity (Wildman–Crippen MR) is 155 cm³/mol. The third-order valence-electron chi connectivity index (χ3n) is 7.12. The Morgan fingerprint density at radius 1 is 0.949 bits per heavy atom. The van der Waals surface area contributed by atoms with Gasteiger partial charge in [-0.25, -0.2) is 9.97 Å². The molecular formula is C31H35N7O. The molecule has 0 atom stereocenters. The third kappa shape index (κ3) is 7.11. The van der Waals surface area contributed by atoms with Crippen LogP contribution in [0.1, 0.15) is 27.0 Å². The number of benzene rings is 2. The van der Waals surface area contributed by atoms with E-state index in [1.54, 1.807) is 18.6 Å². The Balaban J connectivity index is 1.20. The highest BCUT2D eigenvalue weighted by Gasteiger charge is 2.16. The lowest BCUT2D eigenvalue weighted by Gasteiger charge is -2.34. The number of nitrogens with one attached hydrogen (secondary N) is 1. The summed E-state index contributed by atoms with van der Waals surface area (Å²) in [7, 11) is 0. The monoisotopic (exact) mass is 521 g/mol. The molecule has 0 radical (unpaired) electrons. The zero-order chi connectivity index (χ0) is 27.0. The first-order valence-corrected chi connectivity index (χ1v) is 13.4. The van der Waals surface area contributed by atoms with Crippen LogP contribution in [-0.2, 0) is 13.0 Å². The molecule has 1 aliphatic rings. The molecule has 3 heterocycles. The van der Waals surface area contributed by atoms with Crippen LogP contribution in [0.15, 0.2) is 79.3 Å². The smallest absolute Gasteiger partial charge is 0.227 e. The molecule has 0 saturated carbocycles. The molecule has 1 aliphatic heterocycles. The van der Waals surface area contributed by atoms with Crippen molar-refractivity contribution < 1.29 is 4.79 Å². The average Bonchev–Trinajstić information content (AvgIpc) is 2.97. The Bertz CT molecular complexity index is 1380. The summed E-state index contributed by atoms with van der Waals surface area (Å²) in [5.41, 5.74) is 12.2. The summed E-state index contributed by atoms with van der Waals surface area (Å²) >= 11 is 0. The molecule has 8 heteroatoms. The summed E-state index contributed by atoms with van der Waals surface area (Å²) in [6.45, 7) is 8.82. The van der Waals surface area contributed by atoms with Crippen LogP contribution in [0.5, 0.6) is 0 Å². The number of anilines is 2. The lowest BCUT2D eigenvalue weighted by atomic mass is 10.00. The molecule has 0 aliphatic carbocycles. The first-order valence-electron chi connectivity index (χ1n) is 13.4. The van der Waals surface area contributed by atoms with Crippen molar-refractivity contribution in [1.82, 2.24) is 24.8 Å². The second-order valence-electron chi connectivity index (χ2n) is 9.98. The van der Waals surface area contributed by atoms with Crippen LogP contribution >= 0.6 is 0 Å². The number of aryl methyl sites for hydroxylation is 1. The van der Waals surface area contributed by atoms with Gasteiger partial charge in [-0.05, 0) is 47.9 Å². The molecule has 4 aromatic rings. The molecule has 1 fully saturated rings. The van der Waals surface area contributed by atoms with E-state index in [9.17, 15) is 4.79 Å². The number of carbonyl (C=O) groups excluding carboxylic acids is 1. The van der Waals surface area contributed by atoms with E-state index in [0.717, 1.165) is 72.9 Å². The van der Waals surface area contributed by atoms with Gasteiger partial charge in [0.2, 0.25) is 5.95 Å². The fourth-order valence-electron chi connectivity index (χ4n) is 4.82. The fraction of sp³-hybridized carbons (Fsp3) is 0.290. The maximum atomic E-state index is 13.1. The first-order chi connectivity index (χ1) is 19.1. The predicted octanol–water partition coefficient (Wildman–Crippen LogP) is 4.09. The molecule has 8 nitrogen and oxygen atoms in total. The summed E-state index contributed by atoms with van der Waals surface area (Å²) in [6, 6.07) is 19.8. The van der Waals surface area contributed by atoms with Crippen molar-refractivity contribution in [3.05, 3.63) is 102 Å². The minimum Gasteiger partial charge on any atom is -0.329 e. The van der Waals surface area contributed by atoms with Gasteiger partial charge in [-0.2, -0.15) is 0 Å². The number of piperazine rings is 1. The van der Waals surface area contributed by atoms with E-state index < -0.39 is 0 Å². The van der Waals surface area contributed by atoms with Gasteiger partial charge in [0, 0.05) is 87.6 Å². The molecule has 2 aromatic heterocycles. The fourth-order valence-corrected chi connectivity index (χ4v) is 4.82. The highest BCUT2D eigenvalue weighted by Crippen LogP contribution is 2.23. The summed E-state index contributed by atoms with van der Waals surface area (Å²) in [4.78, 5) is 31.2. The Morgan fingerprint density at radius 2 is 1.72 bits per heavy atom. The van der Waals surface area contributed by atoms with E-state index in [1.165, 1.54) is 5.56 Å². The number of pyridine rings is 1. The third-order valence-corrected chi connectivity index (χ3v) is 7.12. The van der Waals surface area contributed by atoms with Crippen molar-refractivity contribution in [2.45, 2.75) is 19.9 Å². The molecule has 0 unspecified atom stereocenters. The molecule has 200 valence electrons. The second kappa shape index (κ2) is 12.7. The SMILES string of the molecule is Cc1ccc(CC(=O)c2ccc(CN3CCN(CCN)CC3)cc2)cc1Nc1nccc(-c2cccnc2)n1. The highest BCUT2D eigenvalue weighted by molar-refractivity contribution is 5.97. The van der Waals surface area contributed by atoms with Crippen molar-refractivity contribution in [3.8, 4) is 11.3 Å². The van der Waals surface area contributed by atoms with Gasteiger partial charge in [0.05, 0.1) is 5.69 Å². The number of Topliss-reactive ketones (excluding diaryl/α,β-unsaturated/α-hetero) is 1. The number of hydrogen-bond acceptors (Lipinski definition) is 8. The Labute approximate surface area is 229 Å². The number of hydrogen-bond donors (Lipinski definition) is 2. The Morgan fingerprint density at radius 3 is 2.46 bits per heavy atom. The zero-order valence-corrected chi connectivity index (χ0v) is 22.4. The quantitative estimate of drug-likeness (QED) is 0.301. The summed E-state index contributed by atoms with van der Waals surface area (Å²) in [6.07, 6.45) is 5.57. The molecule has 1 saturated heterocycles. The summed E-state index contributed by atoms with van der Waals surface area (Å²) in [5, 5.41) is 3.32. The zero-order valence-electron chi connectivity index (χ0n) is 22.4. The highest BCUT2D eigenvalue weighted by atomic mass is 16.1. The van der Waals surface area contributed by atoms with Crippen molar-refractivity contribution in [1.29, 1.82) is 0 Å². The van der Waals surface area contributed by atoms with Crippen LogP contribution in [0, 0.1) is 6.92 Å². The van der Waals surface area contributed by atoms with Gasteiger partial charge < -0.3 is 11.1 Å². The van der Waals surface area contributed by atoms with E-state index in [-0.39, 0.29) is 5.78 Å². The van der Waals surface area contributed by atoms with Gasteiger partial charge in [-0.3, -0.25) is 19.6 Å². The minimum atomic E-state index is 0.0987. The molecule has 2 aromatic carbocycles. The van der Waals surface area contributed by atoms with E-state index in [1.807, 2.05) is 55.5 Å². The normalized spacial score (nSPS) is 14.3. The molecule has 39 heavy (non-hydrogen) atoms. The molecule has 0 spiro atoms. The van der Waals surface area contributed by atoms with Crippen LogP contribution in [-0.4, -0.2) is 69.8 Å². The van der Waals surface area contributed by atoms with Crippen LogP contribution in [0.25, 0.3) is 11.3 Å². The van der Waals surface area contributed by atoms with Gasteiger partial charge in [0.25, 0.3) is 0 Å². The van der Waals surface area contributed by atoms with E-state index in [0.29, 0.717) is 18.9 Å². The lowest BCUT2D eigenvalue weighted by molar-refractivity contribution is 0.0993. The van der Waals surface area contributed by atoms with Crippen LogP contribution in [0.2, 0.25) is 0 Å². The van der Waals surface area contributed by atoms with Gasteiger partial charge in [0.1, 0.15) is 0 Å². The van der Waals surface area contributed by atoms with E-state index >= 15 is 0 Å². The number of rotatable bonds is 10. The van der Waals surface area contributed by atoms with Gasteiger partial charge >= 0.3 is 0 Å². The molecular weight excluding hydrogens is 486 g/mol. The van der Waals surface area contributed by atoms with Crippen LogP contribution < -0.4 is 11.1 Å². The maximum Gasteiger partial charge on any atom is 0.227 e.